The van der Waals surface area contributed by atoms with Crippen molar-refractivity contribution in [1.29, 1.82) is 0 Å². The molecule has 0 fully saturated rings. The smallest absolute Gasteiger partial charge is 0.160 e. The number of rotatable bonds is 2. The van der Waals surface area contributed by atoms with E-state index in [-0.39, 0.29) is 6.61 Å². The van der Waals surface area contributed by atoms with Gasteiger partial charge in [0, 0.05) is 6.20 Å². The Kier molecular flexibility index (Phi) is 2.43. The van der Waals surface area contributed by atoms with Gasteiger partial charge in [-0.1, -0.05) is 11.6 Å². The minimum Gasteiger partial charge on any atom is -0.390 e. The Balaban J connectivity index is 2.34. The summed E-state index contributed by atoms with van der Waals surface area (Å²) in [5, 5.41) is 16.7. The number of hydrogen-bond donors (Lipinski definition) is 1. The van der Waals surface area contributed by atoms with Crippen molar-refractivity contribution in [2.24, 2.45) is 0 Å². The van der Waals surface area contributed by atoms with Gasteiger partial charge in [-0.05, 0) is 12.1 Å². The Hall–Kier alpha value is -1.46. The molecule has 2 rings (SSSR count). The molecule has 2 aromatic rings. The van der Waals surface area contributed by atoms with Crippen LogP contribution in [-0.2, 0) is 6.61 Å². The van der Waals surface area contributed by atoms with Crippen molar-refractivity contribution < 1.29 is 5.11 Å². The maximum Gasteiger partial charge on any atom is 0.160 e. The first-order valence-corrected chi connectivity index (χ1v) is 4.31. The maximum atomic E-state index is 8.81. The van der Waals surface area contributed by atoms with Crippen molar-refractivity contribution in [2.75, 3.05) is 0 Å². The van der Waals surface area contributed by atoms with E-state index in [1.807, 2.05) is 0 Å². The van der Waals surface area contributed by atoms with E-state index in [9.17, 15) is 0 Å². The van der Waals surface area contributed by atoms with Gasteiger partial charge in [0.05, 0.1) is 12.3 Å². The minimum absolute atomic E-state index is 0.0893. The first-order valence-electron chi connectivity index (χ1n) is 3.93. The molecule has 0 bridgehead atoms. The summed E-state index contributed by atoms with van der Waals surface area (Å²) < 4.78 is 1.66. The summed E-state index contributed by atoms with van der Waals surface area (Å²) in [6.45, 7) is -0.0893. The van der Waals surface area contributed by atoms with E-state index in [4.69, 9.17) is 16.7 Å². The van der Waals surface area contributed by atoms with Crippen molar-refractivity contribution in [3.63, 3.8) is 0 Å². The van der Waals surface area contributed by atoms with Gasteiger partial charge in [0.15, 0.2) is 11.0 Å². The quantitative estimate of drug-likeness (QED) is 0.797. The summed E-state index contributed by atoms with van der Waals surface area (Å²) in [4.78, 5) is 3.95. The lowest BCUT2D eigenvalue weighted by molar-refractivity contribution is 0.277. The molecule has 0 saturated carbocycles. The molecule has 0 saturated heterocycles. The van der Waals surface area contributed by atoms with Gasteiger partial charge in [0.2, 0.25) is 0 Å². The normalized spacial score (nSPS) is 10.4. The molecule has 0 aliphatic rings. The van der Waals surface area contributed by atoms with Crippen molar-refractivity contribution in [3.05, 3.63) is 35.5 Å². The van der Waals surface area contributed by atoms with Crippen LogP contribution in [-0.4, -0.2) is 24.9 Å². The molecule has 0 aliphatic heterocycles. The van der Waals surface area contributed by atoms with Crippen LogP contribution in [0.1, 0.15) is 5.69 Å². The van der Waals surface area contributed by atoms with E-state index in [0.717, 1.165) is 0 Å². The number of imidazole rings is 1. The molecule has 1 N–H and O–H groups in total. The third-order valence-corrected chi connectivity index (χ3v) is 1.88. The summed E-state index contributed by atoms with van der Waals surface area (Å²) >= 11 is 5.59. The van der Waals surface area contributed by atoms with Crippen molar-refractivity contribution >= 4 is 11.6 Å². The Morgan fingerprint density at radius 2 is 2.21 bits per heavy atom. The number of hydrogen-bond acceptors (Lipinski definition) is 4. The average Bonchev–Trinajstić information content (AvgIpc) is 2.67. The van der Waals surface area contributed by atoms with Gasteiger partial charge >= 0.3 is 0 Å². The van der Waals surface area contributed by atoms with Crippen LogP contribution >= 0.6 is 11.6 Å². The van der Waals surface area contributed by atoms with E-state index in [2.05, 4.69) is 15.2 Å². The molecular weight excluding hydrogens is 204 g/mol. The first kappa shape index (κ1) is 9.11. The second-order valence-corrected chi connectivity index (χ2v) is 3.03. The van der Waals surface area contributed by atoms with Gasteiger partial charge in [-0.15, -0.1) is 10.2 Å². The first-order chi connectivity index (χ1) is 6.79. The minimum atomic E-state index is -0.0893. The van der Waals surface area contributed by atoms with Gasteiger partial charge in [0.25, 0.3) is 0 Å². The summed E-state index contributed by atoms with van der Waals surface area (Å²) in [5.74, 6) is 0.613. The summed E-state index contributed by atoms with van der Waals surface area (Å²) in [5.41, 5.74) is 0.585. The highest BCUT2D eigenvalue weighted by molar-refractivity contribution is 6.29. The number of aliphatic hydroxyl groups is 1. The molecule has 5 nitrogen and oxygen atoms in total. The Bertz CT molecular complexity index is 425. The standard InChI is InChI=1S/C8H7ClN4O/c9-7-1-2-8(12-11-7)13-3-6(4-14)10-5-13/h1-3,5,14H,4H2. The van der Waals surface area contributed by atoms with Crippen LogP contribution in [0.25, 0.3) is 5.82 Å². The van der Waals surface area contributed by atoms with E-state index < -0.39 is 0 Å². The monoisotopic (exact) mass is 210 g/mol. The van der Waals surface area contributed by atoms with E-state index in [1.165, 1.54) is 0 Å². The lowest BCUT2D eigenvalue weighted by atomic mass is 10.5. The molecular formula is C8H7ClN4O. The fourth-order valence-electron chi connectivity index (χ4n) is 1.02. The summed E-state index contributed by atoms with van der Waals surface area (Å²) in [6, 6.07) is 3.36. The molecule has 0 aromatic carbocycles. The predicted octanol–water partition coefficient (Wildman–Crippen LogP) is 0.808. The third kappa shape index (κ3) is 1.73. The maximum absolute atomic E-state index is 8.81. The average molecular weight is 211 g/mol. The zero-order valence-electron chi connectivity index (χ0n) is 7.13. The van der Waals surface area contributed by atoms with Crippen molar-refractivity contribution in [1.82, 2.24) is 19.7 Å². The Morgan fingerprint density at radius 3 is 2.79 bits per heavy atom. The van der Waals surface area contributed by atoms with E-state index in [0.29, 0.717) is 16.7 Å². The number of aromatic nitrogens is 4. The van der Waals surface area contributed by atoms with Crippen LogP contribution in [0.4, 0.5) is 0 Å². The number of aliphatic hydroxyl groups excluding tert-OH is 1. The second-order valence-electron chi connectivity index (χ2n) is 2.64. The van der Waals surface area contributed by atoms with Crippen LogP contribution in [0.5, 0.6) is 0 Å². The van der Waals surface area contributed by atoms with E-state index >= 15 is 0 Å². The van der Waals surface area contributed by atoms with Crippen LogP contribution in [0.15, 0.2) is 24.7 Å². The van der Waals surface area contributed by atoms with Crippen molar-refractivity contribution in [2.45, 2.75) is 6.61 Å². The molecule has 6 heteroatoms. The Labute approximate surface area is 85.0 Å². The molecule has 0 spiro atoms. The predicted molar refractivity (Wildman–Crippen MR) is 50.1 cm³/mol. The number of nitrogens with zero attached hydrogens (tertiary/aromatic N) is 4. The van der Waals surface area contributed by atoms with Crippen LogP contribution in [0.3, 0.4) is 0 Å². The summed E-state index contributed by atoms with van der Waals surface area (Å²) in [6.07, 6.45) is 3.24. The highest BCUT2D eigenvalue weighted by atomic mass is 35.5. The third-order valence-electron chi connectivity index (χ3n) is 1.68. The molecule has 0 atom stereocenters. The van der Waals surface area contributed by atoms with Gasteiger partial charge in [-0.3, -0.25) is 4.57 Å². The Morgan fingerprint density at radius 1 is 1.36 bits per heavy atom. The van der Waals surface area contributed by atoms with Crippen LogP contribution in [0, 0.1) is 0 Å². The zero-order valence-corrected chi connectivity index (χ0v) is 7.89. The molecule has 0 aliphatic carbocycles. The summed E-state index contributed by atoms with van der Waals surface area (Å²) in [7, 11) is 0. The highest BCUT2D eigenvalue weighted by Gasteiger charge is 2.01. The SMILES string of the molecule is OCc1cn(-c2ccc(Cl)nn2)cn1. The molecule has 2 aromatic heterocycles. The fraction of sp³-hybridized carbons (Fsp3) is 0.125. The molecule has 2 heterocycles. The molecule has 0 unspecified atom stereocenters. The van der Waals surface area contributed by atoms with Gasteiger partial charge in [-0.25, -0.2) is 4.98 Å². The molecule has 0 amide bonds. The molecule has 14 heavy (non-hydrogen) atoms. The second kappa shape index (κ2) is 3.73. The van der Waals surface area contributed by atoms with E-state index in [1.54, 1.807) is 29.2 Å². The number of halogens is 1. The largest absolute Gasteiger partial charge is 0.390 e. The van der Waals surface area contributed by atoms with Gasteiger partial charge in [0.1, 0.15) is 6.33 Å². The van der Waals surface area contributed by atoms with Gasteiger partial charge < -0.3 is 5.11 Å². The zero-order chi connectivity index (χ0) is 9.97. The molecule has 72 valence electrons. The fourth-order valence-corrected chi connectivity index (χ4v) is 1.12. The lowest BCUT2D eigenvalue weighted by Gasteiger charge is -1.97. The van der Waals surface area contributed by atoms with Crippen LogP contribution < -0.4 is 0 Å². The molecule has 0 radical (unpaired) electrons. The topological polar surface area (TPSA) is 63.8 Å². The highest BCUT2D eigenvalue weighted by Crippen LogP contribution is 2.07. The van der Waals surface area contributed by atoms with Gasteiger partial charge in [-0.2, -0.15) is 0 Å². The lowest BCUT2D eigenvalue weighted by Crippen LogP contribution is -1.95. The van der Waals surface area contributed by atoms with Crippen molar-refractivity contribution in [3.8, 4) is 5.82 Å². The van der Waals surface area contributed by atoms with Crippen LogP contribution in [0.2, 0.25) is 5.15 Å².